The minimum Gasteiger partial charge on any atom is -0.495 e. The molecule has 10 heteroatoms. The Balaban J connectivity index is 2.25. The Morgan fingerprint density at radius 3 is 2.54 bits per heavy atom. The first-order chi connectivity index (χ1) is 13.1. The SMILES string of the molecule is COc1ccc(S(=O)(=O)N(C)C)cc1NC(=O)/C=C/c1cccc([N+](=O)[O-])c1. The lowest BCUT2D eigenvalue weighted by atomic mass is 10.2. The van der Waals surface area contributed by atoms with Crippen LogP contribution in [0.1, 0.15) is 5.56 Å². The van der Waals surface area contributed by atoms with Gasteiger partial charge in [-0.25, -0.2) is 12.7 Å². The zero-order valence-electron chi connectivity index (χ0n) is 15.4. The molecule has 2 aromatic rings. The van der Waals surface area contributed by atoms with Crippen molar-refractivity contribution in [2.45, 2.75) is 4.90 Å². The molecule has 0 spiro atoms. The fraction of sp³-hybridized carbons (Fsp3) is 0.167. The number of carbonyl (C=O) groups is 1. The summed E-state index contributed by atoms with van der Waals surface area (Å²) in [6, 6.07) is 9.91. The van der Waals surface area contributed by atoms with Crippen LogP contribution in [0.15, 0.2) is 53.4 Å². The number of anilines is 1. The van der Waals surface area contributed by atoms with Gasteiger partial charge in [-0.15, -0.1) is 0 Å². The summed E-state index contributed by atoms with van der Waals surface area (Å²) < 4.78 is 30.8. The smallest absolute Gasteiger partial charge is 0.270 e. The van der Waals surface area contributed by atoms with Crippen molar-refractivity contribution in [3.05, 3.63) is 64.2 Å². The Labute approximate surface area is 162 Å². The van der Waals surface area contributed by atoms with Crippen molar-refractivity contribution in [3.8, 4) is 5.75 Å². The molecule has 0 radical (unpaired) electrons. The third-order valence-corrected chi connectivity index (χ3v) is 5.53. The van der Waals surface area contributed by atoms with Crippen molar-refractivity contribution < 1.29 is 22.9 Å². The molecule has 0 heterocycles. The molecule has 0 aliphatic rings. The molecule has 0 atom stereocenters. The van der Waals surface area contributed by atoms with Crippen molar-refractivity contribution in [3.63, 3.8) is 0 Å². The molecule has 0 aliphatic carbocycles. The third-order valence-electron chi connectivity index (χ3n) is 3.72. The third kappa shape index (κ3) is 4.93. The van der Waals surface area contributed by atoms with Crippen LogP contribution in [0, 0.1) is 10.1 Å². The molecule has 0 unspecified atom stereocenters. The van der Waals surface area contributed by atoms with Crippen molar-refractivity contribution in [2.75, 3.05) is 26.5 Å². The van der Waals surface area contributed by atoms with E-state index >= 15 is 0 Å². The number of nitrogens with zero attached hydrogens (tertiary/aromatic N) is 2. The van der Waals surface area contributed by atoms with Gasteiger partial charge in [0.25, 0.3) is 5.69 Å². The van der Waals surface area contributed by atoms with Gasteiger partial charge in [0, 0.05) is 32.3 Å². The van der Waals surface area contributed by atoms with E-state index in [1.807, 2.05) is 0 Å². The molecule has 0 saturated heterocycles. The van der Waals surface area contributed by atoms with E-state index in [9.17, 15) is 23.3 Å². The number of ether oxygens (including phenoxy) is 1. The fourth-order valence-corrected chi connectivity index (χ4v) is 3.17. The van der Waals surface area contributed by atoms with Crippen LogP contribution in [0.3, 0.4) is 0 Å². The minimum absolute atomic E-state index is 0.00346. The van der Waals surface area contributed by atoms with Gasteiger partial charge in [0.05, 0.1) is 22.6 Å². The number of hydrogen-bond acceptors (Lipinski definition) is 6. The van der Waals surface area contributed by atoms with Crippen LogP contribution in [-0.2, 0) is 14.8 Å². The Morgan fingerprint density at radius 1 is 1.21 bits per heavy atom. The molecule has 9 nitrogen and oxygen atoms in total. The van der Waals surface area contributed by atoms with Crippen molar-refractivity contribution in [1.82, 2.24) is 4.31 Å². The van der Waals surface area contributed by atoms with E-state index in [-0.39, 0.29) is 22.0 Å². The number of carbonyl (C=O) groups excluding carboxylic acids is 1. The highest BCUT2D eigenvalue weighted by Gasteiger charge is 2.19. The second kappa shape index (κ2) is 8.63. The second-order valence-electron chi connectivity index (χ2n) is 5.82. The summed E-state index contributed by atoms with van der Waals surface area (Å²) in [5.41, 5.74) is 0.560. The molecule has 148 valence electrons. The van der Waals surface area contributed by atoms with Gasteiger partial charge in [-0.2, -0.15) is 0 Å². The normalized spacial score (nSPS) is 11.6. The molecule has 0 fully saturated rings. The fourth-order valence-electron chi connectivity index (χ4n) is 2.24. The highest BCUT2D eigenvalue weighted by molar-refractivity contribution is 7.89. The number of rotatable bonds is 7. The number of methoxy groups -OCH3 is 1. The molecular weight excluding hydrogens is 386 g/mol. The zero-order valence-corrected chi connectivity index (χ0v) is 16.3. The lowest BCUT2D eigenvalue weighted by molar-refractivity contribution is -0.384. The van der Waals surface area contributed by atoms with Gasteiger partial charge < -0.3 is 10.1 Å². The van der Waals surface area contributed by atoms with E-state index in [2.05, 4.69) is 5.32 Å². The summed E-state index contributed by atoms with van der Waals surface area (Å²) >= 11 is 0. The van der Waals surface area contributed by atoms with Crippen LogP contribution in [0.2, 0.25) is 0 Å². The molecule has 28 heavy (non-hydrogen) atoms. The predicted molar refractivity (Wildman–Crippen MR) is 105 cm³/mol. The Kier molecular flexibility index (Phi) is 6.49. The van der Waals surface area contributed by atoms with Crippen LogP contribution in [0.5, 0.6) is 5.75 Å². The van der Waals surface area contributed by atoms with Gasteiger partial charge in [-0.3, -0.25) is 14.9 Å². The summed E-state index contributed by atoms with van der Waals surface area (Å²) in [5.74, 6) is -0.265. The molecule has 0 aromatic heterocycles. The highest BCUT2D eigenvalue weighted by Crippen LogP contribution is 2.28. The van der Waals surface area contributed by atoms with Crippen molar-refractivity contribution >= 4 is 33.4 Å². The maximum Gasteiger partial charge on any atom is 0.270 e. The van der Waals surface area contributed by atoms with Crippen molar-refractivity contribution in [2.24, 2.45) is 0 Å². The number of benzene rings is 2. The van der Waals surface area contributed by atoms with Crippen LogP contribution in [0.25, 0.3) is 6.08 Å². The number of nitrogens with one attached hydrogen (secondary N) is 1. The maximum atomic E-state index is 12.3. The molecule has 0 aliphatic heterocycles. The standard InChI is InChI=1S/C18H19N3O6S/c1-20(2)28(25,26)15-8-9-17(27-3)16(12-15)19-18(22)10-7-13-5-4-6-14(11-13)21(23)24/h4-12H,1-3H3,(H,19,22)/b10-7+. The van der Waals surface area contributed by atoms with Crippen LogP contribution in [-0.4, -0.2) is 44.8 Å². The lowest BCUT2D eigenvalue weighted by Crippen LogP contribution is -2.22. The molecule has 2 rings (SSSR count). The van der Waals surface area contributed by atoms with Gasteiger partial charge in [-0.1, -0.05) is 12.1 Å². The number of non-ortho nitro benzene ring substituents is 1. The molecule has 1 N–H and O–H groups in total. The summed E-state index contributed by atoms with van der Waals surface area (Å²) in [6.45, 7) is 0. The monoisotopic (exact) mass is 405 g/mol. The van der Waals surface area contributed by atoms with Gasteiger partial charge in [0.1, 0.15) is 5.75 Å². The first-order valence-electron chi connectivity index (χ1n) is 7.99. The van der Waals surface area contributed by atoms with Crippen molar-refractivity contribution in [1.29, 1.82) is 0 Å². The Bertz CT molecular complexity index is 1030. The highest BCUT2D eigenvalue weighted by atomic mass is 32.2. The molecule has 2 aromatic carbocycles. The summed E-state index contributed by atoms with van der Waals surface area (Å²) in [6.07, 6.45) is 2.60. The van der Waals surface area contributed by atoms with E-state index in [0.29, 0.717) is 5.56 Å². The number of amides is 1. The van der Waals surface area contributed by atoms with Crippen LogP contribution >= 0.6 is 0 Å². The van der Waals surface area contributed by atoms with E-state index in [1.54, 1.807) is 6.07 Å². The van der Waals surface area contributed by atoms with Gasteiger partial charge in [0.2, 0.25) is 15.9 Å². The quantitative estimate of drug-likeness (QED) is 0.429. The van der Waals surface area contributed by atoms with Gasteiger partial charge >= 0.3 is 0 Å². The molecule has 0 saturated carbocycles. The van der Waals surface area contributed by atoms with E-state index < -0.39 is 20.9 Å². The van der Waals surface area contributed by atoms with E-state index in [1.165, 1.54) is 69.8 Å². The van der Waals surface area contributed by atoms with Crippen LogP contribution < -0.4 is 10.1 Å². The maximum absolute atomic E-state index is 12.3. The van der Waals surface area contributed by atoms with Crippen LogP contribution in [0.4, 0.5) is 11.4 Å². The van der Waals surface area contributed by atoms with E-state index in [0.717, 1.165) is 4.31 Å². The lowest BCUT2D eigenvalue weighted by Gasteiger charge is -2.14. The first kappa shape index (κ1) is 21.1. The summed E-state index contributed by atoms with van der Waals surface area (Å²) in [4.78, 5) is 22.5. The predicted octanol–water partition coefficient (Wildman–Crippen LogP) is 2.51. The van der Waals surface area contributed by atoms with E-state index in [4.69, 9.17) is 4.74 Å². The Hall–Kier alpha value is -3.24. The summed E-state index contributed by atoms with van der Waals surface area (Å²) in [5, 5.41) is 13.4. The summed E-state index contributed by atoms with van der Waals surface area (Å²) in [7, 11) is 0.514. The first-order valence-corrected chi connectivity index (χ1v) is 9.43. The Morgan fingerprint density at radius 2 is 1.93 bits per heavy atom. The minimum atomic E-state index is -3.68. The topological polar surface area (TPSA) is 119 Å². The average molecular weight is 405 g/mol. The molecular formula is C18H19N3O6S. The molecule has 1 amide bonds. The molecule has 0 bridgehead atoms. The number of sulfonamides is 1. The largest absolute Gasteiger partial charge is 0.495 e. The van der Waals surface area contributed by atoms with Gasteiger partial charge in [0.15, 0.2) is 0 Å². The number of nitro groups is 1. The second-order valence-corrected chi connectivity index (χ2v) is 7.98. The number of nitro benzene ring substituents is 1. The van der Waals surface area contributed by atoms with Gasteiger partial charge in [-0.05, 0) is 29.8 Å². The zero-order chi connectivity index (χ0) is 20.9. The number of hydrogen-bond donors (Lipinski definition) is 1. The average Bonchev–Trinajstić information content (AvgIpc) is 2.66.